The van der Waals surface area contributed by atoms with Crippen molar-refractivity contribution < 1.29 is 4.42 Å². The van der Waals surface area contributed by atoms with E-state index in [9.17, 15) is 0 Å². The van der Waals surface area contributed by atoms with E-state index < -0.39 is 0 Å². The highest BCUT2D eigenvalue weighted by Gasteiger charge is 2.44. The summed E-state index contributed by atoms with van der Waals surface area (Å²) >= 11 is 0. The fourth-order valence-corrected chi connectivity index (χ4v) is 10.5. The normalized spacial score (nSPS) is 14.8. The molecule has 0 aliphatic heterocycles. The quantitative estimate of drug-likeness (QED) is 0.181. The molecule has 1 saturated carbocycles. The second kappa shape index (κ2) is 11.5. The Labute approximate surface area is 327 Å². The Bertz CT molecular complexity index is 3420. The lowest BCUT2D eigenvalue weighted by Crippen LogP contribution is -2.28. The molecule has 0 radical (unpaired) electrons. The summed E-state index contributed by atoms with van der Waals surface area (Å²) in [7, 11) is 0. The molecule has 0 N–H and O–H groups in total. The van der Waals surface area contributed by atoms with Crippen molar-refractivity contribution >= 4 is 65.6 Å². The molecule has 0 saturated heterocycles. The Morgan fingerprint density at radius 3 is 1.72 bits per heavy atom. The zero-order valence-electron chi connectivity index (χ0n) is 31.1. The lowest BCUT2D eigenvalue weighted by Gasteiger charge is -2.36. The van der Waals surface area contributed by atoms with E-state index in [0.29, 0.717) is 17.7 Å². The number of nitrogens with zero attached hydrogens (tertiary/aromatic N) is 5. The molecular weight excluding hydrogens is 699 g/mol. The molecule has 13 rings (SSSR count). The number of para-hydroxylation sites is 4. The van der Waals surface area contributed by atoms with Crippen LogP contribution >= 0.6 is 0 Å². The highest BCUT2D eigenvalue weighted by Crippen LogP contribution is 2.57. The van der Waals surface area contributed by atoms with Crippen LogP contribution in [0.15, 0.2) is 156 Å². The summed E-state index contributed by atoms with van der Waals surface area (Å²) < 4.78 is 10.9. The Morgan fingerprint density at radius 1 is 0.421 bits per heavy atom. The maximum absolute atomic E-state index is 6.39. The summed E-state index contributed by atoms with van der Waals surface area (Å²) in [6.45, 7) is 0. The van der Waals surface area contributed by atoms with Gasteiger partial charge in [0.05, 0.1) is 22.1 Å². The van der Waals surface area contributed by atoms with Gasteiger partial charge in [0.25, 0.3) is 0 Å². The van der Waals surface area contributed by atoms with E-state index in [1.54, 1.807) is 0 Å². The fourth-order valence-electron chi connectivity index (χ4n) is 10.5. The number of benzene rings is 7. The lowest BCUT2D eigenvalue weighted by molar-refractivity contribution is 0.353. The molecule has 0 atom stereocenters. The molecule has 57 heavy (non-hydrogen) atoms. The van der Waals surface area contributed by atoms with Gasteiger partial charge in [-0.25, -0.2) is 0 Å². The van der Waals surface area contributed by atoms with Crippen molar-refractivity contribution in [2.75, 3.05) is 0 Å². The van der Waals surface area contributed by atoms with Gasteiger partial charge in [-0.2, -0.15) is 15.0 Å². The van der Waals surface area contributed by atoms with E-state index in [-0.39, 0.29) is 5.41 Å². The molecule has 4 heterocycles. The lowest BCUT2D eigenvalue weighted by atomic mass is 9.68. The molecule has 0 bridgehead atoms. The van der Waals surface area contributed by atoms with E-state index in [0.717, 1.165) is 60.3 Å². The average molecular weight is 734 g/mol. The summed E-state index contributed by atoms with van der Waals surface area (Å²) in [4.78, 5) is 16.2. The van der Waals surface area contributed by atoms with Gasteiger partial charge in [-0.1, -0.05) is 122 Å². The Morgan fingerprint density at radius 2 is 1.00 bits per heavy atom. The SMILES string of the molecule is c1ccc2c(c1)-c1cc3c4ccccc4n(-c4nc(-c5ccc6c(c5)oc5ccccc56)nc(-n5c6ccccc6c6ccccc65)n4)c3cc1C21CCCCC1. The van der Waals surface area contributed by atoms with Crippen LogP contribution in [-0.4, -0.2) is 24.1 Å². The van der Waals surface area contributed by atoms with E-state index in [4.69, 9.17) is 19.4 Å². The van der Waals surface area contributed by atoms with E-state index in [1.165, 1.54) is 65.1 Å². The highest BCUT2D eigenvalue weighted by molar-refractivity contribution is 6.12. The van der Waals surface area contributed by atoms with Crippen LogP contribution in [0.25, 0.3) is 100.0 Å². The van der Waals surface area contributed by atoms with Gasteiger partial charge in [-0.15, -0.1) is 0 Å². The first-order chi connectivity index (χ1) is 28.2. The Kier molecular flexibility index (Phi) is 6.29. The number of hydrogen-bond donors (Lipinski definition) is 0. The predicted octanol–water partition coefficient (Wildman–Crippen LogP) is 12.9. The van der Waals surface area contributed by atoms with Crippen LogP contribution in [0, 0.1) is 0 Å². The number of aromatic nitrogens is 5. The van der Waals surface area contributed by atoms with Gasteiger partial charge >= 0.3 is 0 Å². The fraction of sp³-hybridized carbons (Fsp3) is 0.118. The first kappa shape index (κ1) is 31.2. The van der Waals surface area contributed by atoms with Crippen molar-refractivity contribution in [3.05, 3.63) is 163 Å². The molecule has 6 heteroatoms. The van der Waals surface area contributed by atoms with E-state index in [1.807, 2.05) is 12.1 Å². The summed E-state index contributed by atoms with van der Waals surface area (Å²) in [5.41, 5.74) is 12.5. The number of rotatable bonds is 3. The standard InChI is InChI=1S/C51H35N5O/c1-12-26-51(27-13-1)40-19-7-2-14-32(40)38-29-39-35-17-5-10-22-44(35)56(45(39)30-41(38)51)50-53-48(31-24-25-37-36-18-6-11-23-46(36)57-47(37)28-31)52-49(54-50)55-42-20-8-3-15-33(42)34-16-4-9-21-43(34)55/h2-11,14-25,28-30H,1,12-13,26-27H2. The minimum atomic E-state index is 0.0139. The topological polar surface area (TPSA) is 61.7 Å². The van der Waals surface area contributed by atoms with Crippen LogP contribution in [0.3, 0.4) is 0 Å². The number of hydrogen-bond acceptors (Lipinski definition) is 4. The van der Waals surface area contributed by atoms with Gasteiger partial charge < -0.3 is 4.42 Å². The molecule has 7 aromatic carbocycles. The number of fused-ring (bicyclic) bond motifs is 14. The third-order valence-corrected chi connectivity index (χ3v) is 13.0. The highest BCUT2D eigenvalue weighted by atomic mass is 16.3. The molecule has 6 nitrogen and oxygen atoms in total. The summed E-state index contributed by atoms with van der Waals surface area (Å²) in [6, 6.07) is 54.3. The average Bonchev–Trinajstić information content (AvgIpc) is 3.99. The zero-order valence-corrected chi connectivity index (χ0v) is 31.1. The molecule has 4 aromatic heterocycles. The third-order valence-electron chi connectivity index (χ3n) is 13.0. The molecule has 1 spiro atoms. The second-order valence-electron chi connectivity index (χ2n) is 15.9. The minimum Gasteiger partial charge on any atom is -0.456 e. The van der Waals surface area contributed by atoms with E-state index in [2.05, 4.69) is 149 Å². The molecule has 270 valence electrons. The summed E-state index contributed by atoms with van der Waals surface area (Å²) in [5, 5.41) is 6.87. The first-order valence-electron chi connectivity index (χ1n) is 20.1. The van der Waals surface area contributed by atoms with Crippen molar-refractivity contribution in [3.63, 3.8) is 0 Å². The van der Waals surface area contributed by atoms with E-state index >= 15 is 0 Å². The summed E-state index contributed by atoms with van der Waals surface area (Å²) in [6.07, 6.45) is 6.11. The Balaban J connectivity index is 1.12. The molecule has 0 amide bonds. The Hall–Kier alpha value is -7.05. The monoisotopic (exact) mass is 733 g/mol. The molecular formula is C51H35N5O. The van der Waals surface area contributed by atoms with Crippen LogP contribution in [0.1, 0.15) is 43.2 Å². The van der Waals surface area contributed by atoms with Crippen molar-refractivity contribution in [1.29, 1.82) is 0 Å². The molecule has 1 fully saturated rings. The largest absolute Gasteiger partial charge is 0.456 e. The minimum absolute atomic E-state index is 0.0139. The van der Waals surface area contributed by atoms with Crippen molar-refractivity contribution in [2.24, 2.45) is 0 Å². The van der Waals surface area contributed by atoms with Crippen LogP contribution in [0.4, 0.5) is 0 Å². The van der Waals surface area contributed by atoms with Crippen molar-refractivity contribution in [2.45, 2.75) is 37.5 Å². The van der Waals surface area contributed by atoms with Gasteiger partial charge in [0.2, 0.25) is 11.9 Å². The van der Waals surface area contributed by atoms with Crippen molar-refractivity contribution in [3.8, 4) is 34.4 Å². The third kappa shape index (κ3) is 4.27. The van der Waals surface area contributed by atoms with Crippen LogP contribution in [-0.2, 0) is 5.41 Å². The summed E-state index contributed by atoms with van der Waals surface area (Å²) in [5.74, 6) is 1.74. The van der Waals surface area contributed by atoms with Gasteiger partial charge in [-0.3, -0.25) is 9.13 Å². The molecule has 0 unspecified atom stereocenters. The van der Waals surface area contributed by atoms with Gasteiger partial charge in [0.15, 0.2) is 5.82 Å². The molecule has 2 aliphatic rings. The molecule has 2 aliphatic carbocycles. The maximum atomic E-state index is 6.39. The van der Waals surface area contributed by atoms with Gasteiger partial charge in [0, 0.05) is 43.3 Å². The van der Waals surface area contributed by atoms with Crippen LogP contribution in [0.5, 0.6) is 0 Å². The number of furan rings is 1. The zero-order chi connectivity index (χ0) is 37.2. The molecule has 11 aromatic rings. The maximum Gasteiger partial charge on any atom is 0.240 e. The van der Waals surface area contributed by atoms with Gasteiger partial charge in [0.1, 0.15) is 11.2 Å². The van der Waals surface area contributed by atoms with Gasteiger partial charge in [-0.05, 0) is 83.6 Å². The van der Waals surface area contributed by atoms with Crippen molar-refractivity contribution in [1.82, 2.24) is 24.1 Å². The first-order valence-corrected chi connectivity index (χ1v) is 20.1. The predicted molar refractivity (Wildman–Crippen MR) is 231 cm³/mol. The van der Waals surface area contributed by atoms with Crippen LogP contribution in [0.2, 0.25) is 0 Å². The second-order valence-corrected chi connectivity index (χ2v) is 15.9. The smallest absolute Gasteiger partial charge is 0.240 e. The van der Waals surface area contributed by atoms with Crippen LogP contribution < -0.4 is 0 Å².